The van der Waals surface area contributed by atoms with Gasteiger partial charge in [0.05, 0.1) is 46.6 Å². The van der Waals surface area contributed by atoms with Crippen LogP contribution in [0.25, 0.3) is 0 Å². The molecular weight excluding hydrogens is 416 g/mol. The van der Waals surface area contributed by atoms with Crippen molar-refractivity contribution in [2.24, 2.45) is 5.10 Å². The molecule has 0 radical (unpaired) electrons. The number of amides is 1. The zero-order valence-corrected chi connectivity index (χ0v) is 18.5. The lowest BCUT2D eigenvalue weighted by atomic mass is 9.96. The molecule has 9 heteroatoms. The molecule has 3 rings (SSSR count). The molecule has 1 heterocycles. The van der Waals surface area contributed by atoms with Gasteiger partial charge in [0.2, 0.25) is 5.91 Å². The second kappa shape index (κ2) is 10.0. The van der Waals surface area contributed by atoms with Gasteiger partial charge in [-0.25, -0.2) is 5.01 Å². The van der Waals surface area contributed by atoms with Crippen molar-refractivity contribution < 1.29 is 33.6 Å². The number of carbonyl (C=O) groups excluding carboxylic acids is 1. The van der Waals surface area contributed by atoms with Crippen LogP contribution in [-0.4, -0.2) is 56.1 Å². The number of hydrazone groups is 1. The molecule has 0 unspecified atom stereocenters. The average Bonchev–Trinajstić information content (AvgIpc) is 3.26. The molecule has 0 saturated heterocycles. The van der Waals surface area contributed by atoms with Crippen molar-refractivity contribution in [1.82, 2.24) is 5.01 Å². The molecule has 0 saturated carbocycles. The molecule has 1 aliphatic heterocycles. The summed E-state index contributed by atoms with van der Waals surface area (Å²) < 4.78 is 21.7. The van der Waals surface area contributed by atoms with Gasteiger partial charge in [-0.15, -0.1) is 0 Å². The maximum atomic E-state index is 13.0. The summed E-state index contributed by atoms with van der Waals surface area (Å²) >= 11 is 0. The van der Waals surface area contributed by atoms with Gasteiger partial charge >= 0.3 is 5.97 Å². The number of aliphatic carboxylic acids is 1. The van der Waals surface area contributed by atoms with Gasteiger partial charge in [-0.3, -0.25) is 9.59 Å². The summed E-state index contributed by atoms with van der Waals surface area (Å²) in [6.07, 6.45) is -0.0966. The normalized spacial score (nSPS) is 15.2. The fourth-order valence-electron chi connectivity index (χ4n) is 3.61. The van der Waals surface area contributed by atoms with E-state index in [1.54, 1.807) is 64.8 Å². The minimum atomic E-state index is -1.05. The van der Waals surface area contributed by atoms with Crippen LogP contribution in [0, 0.1) is 0 Å². The zero-order valence-electron chi connectivity index (χ0n) is 18.5. The van der Waals surface area contributed by atoms with Gasteiger partial charge in [0.25, 0.3) is 0 Å². The van der Waals surface area contributed by atoms with Crippen LogP contribution in [0.4, 0.5) is 0 Å². The van der Waals surface area contributed by atoms with Crippen LogP contribution in [0.3, 0.4) is 0 Å². The van der Waals surface area contributed by atoms with E-state index >= 15 is 0 Å². The second-order valence-corrected chi connectivity index (χ2v) is 7.07. The van der Waals surface area contributed by atoms with Gasteiger partial charge < -0.3 is 24.1 Å². The number of methoxy groups -OCH3 is 4. The summed E-state index contributed by atoms with van der Waals surface area (Å²) in [6, 6.07) is 10.2. The number of hydrogen-bond acceptors (Lipinski definition) is 7. The van der Waals surface area contributed by atoms with Crippen LogP contribution >= 0.6 is 0 Å². The molecule has 1 atom stereocenters. The monoisotopic (exact) mass is 442 g/mol. The van der Waals surface area contributed by atoms with Crippen LogP contribution in [0.5, 0.6) is 23.0 Å². The third kappa shape index (κ3) is 4.77. The Bertz CT molecular complexity index is 1040. The molecule has 170 valence electrons. The highest BCUT2D eigenvalue weighted by molar-refractivity contribution is 6.05. The van der Waals surface area contributed by atoms with Crippen LogP contribution in [-0.2, 0) is 9.59 Å². The summed E-state index contributed by atoms with van der Waals surface area (Å²) in [5.41, 5.74) is 2.00. The van der Waals surface area contributed by atoms with Gasteiger partial charge in [0.1, 0.15) is 23.0 Å². The van der Waals surface area contributed by atoms with E-state index in [1.807, 2.05) is 0 Å². The highest BCUT2D eigenvalue weighted by Crippen LogP contribution is 2.41. The van der Waals surface area contributed by atoms with Gasteiger partial charge in [0.15, 0.2) is 0 Å². The van der Waals surface area contributed by atoms with E-state index in [4.69, 9.17) is 24.1 Å². The smallest absolute Gasteiger partial charge is 0.303 e. The number of hydrogen-bond donors (Lipinski definition) is 1. The highest BCUT2D eigenvalue weighted by atomic mass is 16.5. The maximum Gasteiger partial charge on any atom is 0.303 e. The molecule has 32 heavy (non-hydrogen) atoms. The Morgan fingerprint density at radius 1 is 0.938 bits per heavy atom. The van der Waals surface area contributed by atoms with Gasteiger partial charge in [0, 0.05) is 24.0 Å². The van der Waals surface area contributed by atoms with Gasteiger partial charge in [-0.05, 0) is 36.4 Å². The minimum Gasteiger partial charge on any atom is -0.497 e. The molecule has 0 fully saturated rings. The molecule has 1 amide bonds. The Hall–Kier alpha value is -3.75. The maximum absolute atomic E-state index is 13.0. The molecule has 1 aliphatic rings. The van der Waals surface area contributed by atoms with Crippen LogP contribution in [0.2, 0.25) is 0 Å². The molecule has 0 aliphatic carbocycles. The fraction of sp³-hybridized carbons (Fsp3) is 0.348. The zero-order chi connectivity index (χ0) is 23.3. The summed E-state index contributed by atoms with van der Waals surface area (Å²) in [7, 11) is 6.22. The van der Waals surface area contributed by atoms with Crippen molar-refractivity contribution >= 4 is 17.6 Å². The van der Waals surface area contributed by atoms with E-state index in [9.17, 15) is 9.59 Å². The number of carboxylic acid groups (broad SMARTS) is 1. The molecule has 2 aromatic carbocycles. The van der Waals surface area contributed by atoms with Gasteiger partial charge in [-0.1, -0.05) is 0 Å². The van der Waals surface area contributed by atoms with Crippen LogP contribution in [0.15, 0.2) is 41.5 Å². The van der Waals surface area contributed by atoms with Crippen molar-refractivity contribution in [3.8, 4) is 23.0 Å². The molecule has 2 aromatic rings. The predicted octanol–water partition coefficient (Wildman–Crippen LogP) is 3.26. The van der Waals surface area contributed by atoms with Crippen molar-refractivity contribution in [1.29, 1.82) is 0 Å². The molecule has 0 bridgehead atoms. The number of rotatable bonds is 9. The Morgan fingerprint density at radius 3 is 2.16 bits per heavy atom. The molecule has 0 aromatic heterocycles. The number of ether oxygens (including phenoxy) is 4. The Balaban J connectivity index is 2.07. The summed E-state index contributed by atoms with van der Waals surface area (Å²) in [4.78, 5) is 24.0. The SMILES string of the molecule is COc1ccc(OC)c(C2=NN(C(=O)CCC(=O)O)[C@@H](c3cc(OC)ccc3OC)C2)c1. The van der Waals surface area contributed by atoms with Crippen LogP contribution in [0.1, 0.15) is 36.4 Å². The highest BCUT2D eigenvalue weighted by Gasteiger charge is 2.36. The standard InChI is InChI=1S/C23H26N2O7/c1-29-14-5-7-20(31-3)16(11-14)18-13-19(25(24-18)22(26)9-10-23(27)28)17-12-15(30-2)6-8-21(17)32-4/h5-8,11-12,19H,9-10,13H2,1-4H3,(H,27,28)/t19-/m1/s1. The lowest BCUT2D eigenvalue weighted by molar-refractivity contribution is -0.141. The number of carboxylic acids is 1. The quantitative estimate of drug-likeness (QED) is 0.635. The van der Waals surface area contributed by atoms with E-state index in [0.717, 1.165) is 0 Å². The number of benzene rings is 2. The van der Waals surface area contributed by atoms with E-state index in [-0.39, 0.29) is 12.8 Å². The van der Waals surface area contributed by atoms with Gasteiger partial charge in [-0.2, -0.15) is 5.10 Å². The fourth-order valence-corrected chi connectivity index (χ4v) is 3.61. The van der Waals surface area contributed by atoms with E-state index in [2.05, 4.69) is 5.10 Å². The second-order valence-electron chi connectivity index (χ2n) is 7.07. The summed E-state index contributed by atoms with van der Waals surface area (Å²) in [5.74, 6) is 0.924. The lowest BCUT2D eigenvalue weighted by Crippen LogP contribution is -2.27. The van der Waals surface area contributed by atoms with Crippen molar-refractivity contribution in [3.05, 3.63) is 47.5 Å². The van der Waals surface area contributed by atoms with Crippen LogP contribution < -0.4 is 18.9 Å². The molecule has 0 spiro atoms. The Kier molecular flexibility index (Phi) is 7.19. The predicted molar refractivity (Wildman–Crippen MR) is 117 cm³/mol. The topological polar surface area (TPSA) is 107 Å². The summed E-state index contributed by atoms with van der Waals surface area (Å²) in [6.45, 7) is 0. The number of nitrogens with zero attached hydrogens (tertiary/aromatic N) is 2. The van der Waals surface area contributed by atoms with E-state index in [0.29, 0.717) is 46.3 Å². The molecule has 9 nitrogen and oxygen atoms in total. The summed E-state index contributed by atoms with van der Waals surface area (Å²) in [5, 5.41) is 14.9. The first-order valence-corrected chi connectivity index (χ1v) is 9.97. The Morgan fingerprint density at radius 2 is 1.56 bits per heavy atom. The largest absolute Gasteiger partial charge is 0.497 e. The molecular formula is C23H26N2O7. The number of carbonyl (C=O) groups is 2. The van der Waals surface area contributed by atoms with Crippen molar-refractivity contribution in [3.63, 3.8) is 0 Å². The van der Waals surface area contributed by atoms with Crippen molar-refractivity contribution in [2.75, 3.05) is 28.4 Å². The Labute approximate surface area is 186 Å². The van der Waals surface area contributed by atoms with Crippen molar-refractivity contribution in [2.45, 2.75) is 25.3 Å². The lowest BCUT2D eigenvalue weighted by Gasteiger charge is -2.24. The van der Waals surface area contributed by atoms with E-state index in [1.165, 1.54) is 5.01 Å². The third-order valence-corrected chi connectivity index (χ3v) is 5.23. The minimum absolute atomic E-state index is 0.176. The first kappa shape index (κ1) is 22.9. The first-order chi connectivity index (χ1) is 15.4. The van der Waals surface area contributed by atoms with E-state index < -0.39 is 17.9 Å². The third-order valence-electron chi connectivity index (χ3n) is 5.23. The average molecular weight is 442 g/mol. The molecule has 1 N–H and O–H groups in total. The first-order valence-electron chi connectivity index (χ1n) is 9.97.